The van der Waals surface area contributed by atoms with Gasteiger partial charge in [0.15, 0.2) is 0 Å². The predicted octanol–water partition coefficient (Wildman–Crippen LogP) is 3.08. The highest BCUT2D eigenvalue weighted by molar-refractivity contribution is 6.08. The molecule has 1 heterocycles. The SMILES string of the molecule is O=C1[C@@H]2[C@H](C(=O)N1N=Cc1c(O)ccc3ccccc13)[C@H]1C=C[C@H]2CC1. The molecule has 1 saturated heterocycles. The number of phenolic OH excluding ortho intramolecular Hbond substituents is 1. The molecule has 130 valence electrons. The highest BCUT2D eigenvalue weighted by Gasteiger charge is 2.56. The van der Waals surface area contributed by atoms with E-state index in [1.165, 1.54) is 6.21 Å². The van der Waals surface area contributed by atoms with Crippen molar-refractivity contribution in [2.24, 2.45) is 28.8 Å². The summed E-state index contributed by atoms with van der Waals surface area (Å²) in [6, 6.07) is 11.0. The molecular weight excluding hydrogens is 328 g/mol. The summed E-state index contributed by atoms with van der Waals surface area (Å²) in [5.74, 6) is -0.606. The van der Waals surface area contributed by atoms with Gasteiger partial charge in [0.1, 0.15) is 5.75 Å². The molecule has 2 amide bonds. The van der Waals surface area contributed by atoms with Crippen molar-refractivity contribution in [3.63, 3.8) is 0 Å². The van der Waals surface area contributed by atoms with Crippen LogP contribution in [0.5, 0.6) is 5.75 Å². The van der Waals surface area contributed by atoms with Gasteiger partial charge in [0, 0.05) is 5.56 Å². The van der Waals surface area contributed by atoms with Gasteiger partial charge < -0.3 is 5.11 Å². The Bertz CT molecular complexity index is 962. The Kier molecular flexibility index (Phi) is 3.26. The van der Waals surface area contributed by atoms with Crippen LogP contribution >= 0.6 is 0 Å². The van der Waals surface area contributed by atoms with Gasteiger partial charge in [-0.1, -0.05) is 42.5 Å². The smallest absolute Gasteiger partial charge is 0.254 e. The van der Waals surface area contributed by atoms with Crippen molar-refractivity contribution in [3.05, 3.63) is 54.1 Å². The number of hydrogen-bond acceptors (Lipinski definition) is 4. The first-order valence-corrected chi connectivity index (χ1v) is 8.96. The van der Waals surface area contributed by atoms with Gasteiger partial charge in [-0.3, -0.25) is 9.59 Å². The highest BCUT2D eigenvalue weighted by atomic mass is 16.3. The molecule has 0 radical (unpaired) electrons. The zero-order valence-corrected chi connectivity index (χ0v) is 14.1. The monoisotopic (exact) mass is 346 g/mol. The fourth-order valence-corrected chi connectivity index (χ4v) is 4.71. The van der Waals surface area contributed by atoms with Crippen LogP contribution in [0, 0.1) is 23.7 Å². The van der Waals surface area contributed by atoms with E-state index in [9.17, 15) is 14.7 Å². The number of fused-ring (bicyclic) bond motifs is 2. The van der Waals surface area contributed by atoms with Crippen LogP contribution in [0.1, 0.15) is 18.4 Å². The van der Waals surface area contributed by atoms with Crippen LogP contribution in [0.25, 0.3) is 10.8 Å². The minimum absolute atomic E-state index is 0.0747. The second-order valence-electron chi connectivity index (χ2n) is 7.29. The lowest BCUT2D eigenvalue weighted by Gasteiger charge is -2.37. The second kappa shape index (κ2) is 5.53. The van der Waals surface area contributed by atoms with Crippen molar-refractivity contribution < 1.29 is 14.7 Å². The van der Waals surface area contributed by atoms with Crippen molar-refractivity contribution in [3.8, 4) is 5.75 Å². The third-order valence-electron chi connectivity index (χ3n) is 5.99. The molecule has 6 rings (SSSR count). The number of amides is 2. The van der Waals surface area contributed by atoms with Crippen LogP contribution in [-0.2, 0) is 9.59 Å². The summed E-state index contributed by atoms with van der Waals surface area (Å²) in [4.78, 5) is 25.6. The average molecular weight is 346 g/mol. The molecule has 1 N–H and O–H groups in total. The topological polar surface area (TPSA) is 70.0 Å². The number of aromatic hydroxyl groups is 1. The number of carbonyl (C=O) groups is 2. The zero-order valence-electron chi connectivity index (χ0n) is 14.1. The molecule has 2 fully saturated rings. The number of allylic oxidation sites excluding steroid dienone is 2. The molecule has 3 aliphatic carbocycles. The van der Waals surface area contributed by atoms with Crippen LogP contribution in [0.3, 0.4) is 0 Å². The Morgan fingerprint density at radius 1 is 0.962 bits per heavy atom. The molecule has 1 aliphatic heterocycles. The van der Waals surface area contributed by atoms with Crippen molar-refractivity contribution in [2.75, 3.05) is 0 Å². The van der Waals surface area contributed by atoms with Gasteiger partial charge in [-0.25, -0.2) is 0 Å². The van der Waals surface area contributed by atoms with Gasteiger partial charge in [0.25, 0.3) is 11.8 Å². The van der Waals surface area contributed by atoms with E-state index in [1.54, 1.807) is 6.07 Å². The van der Waals surface area contributed by atoms with E-state index in [2.05, 4.69) is 17.3 Å². The summed E-state index contributed by atoms with van der Waals surface area (Å²) in [5.41, 5.74) is 0.514. The summed E-state index contributed by atoms with van der Waals surface area (Å²) < 4.78 is 0. The number of hydrogen-bond donors (Lipinski definition) is 1. The van der Waals surface area contributed by atoms with Crippen LogP contribution in [0.2, 0.25) is 0 Å². The second-order valence-corrected chi connectivity index (χ2v) is 7.29. The van der Waals surface area contributed by atoms with Crippen LogP contribution in [0.4, 0.5) is 0 Å². The van der Waals surface area contributed by atoms with Crippen LogP contribution in [0.15, 0.2) is 53.7 Å². The fourth-order valence-electron chi connectivity index (χ4n) is 4.71. The number of hydrazone groups is 1. The molecule has 2 aromatic carbocycles. The van der Waals surface area contributed by atoms with Crippen LogP contribution < -0.4 is 0 Å². The van der Waals surface area contributed by atoms with Crippen molar-refractivity contribution >= 4 is 28.8 Å². The summed E-state index contributed by atoms with van der Waals surface area (Å²) in [5, 5.41) is 17.2. The molecule has 0 spiro atoms. The number of benzene rings is 2. The maximum absolute atomic E-state index is 12.8. The predicted molar refractivity (Wildman–Crippen MR) is 97.4 cm³/mol. The summed E-state index contributed by atoms with van der Waals surface area (Å²) >= 11 is 0. The van der Waals surface area contributed by atoms with Gasteiger partial charge >= 0.3 is 0 Å². The van der Waals surface area contributed by atoms with E-state index in [4.69, 9.17) is 0 Å². The van der Waals surface area contributed by atoms with E-state index in [0.29, 0.717) is 5.56 Å². The largest absolute Gasteiger partial charge is 0.507 e. The van der Waals surface area contributed by atoms with Crippen LogP contribution in [-0.4, -0.2) is 28.1 Å². The lowest BCUT2D eigenvalue weighted by atomic mass is 9.63. The molecule has 4 atom stereocenters. The number of carbonyl (C=O) groups excluding carboxylic acids is 2. The van der Waals surface area contributed by atoms with Gasteiger partial charge in [0.05, 0.1) is 18.1 Å². The van der Waals surface area contributed by atoms with E-state index in [-0.39, 0.29) is 41.2 Å². The number of imide groups is 1. The van der Waals surface area contributed by atoms with Gasteiger partial charge in [-0.15, -0.1) is 0 Å². The summed E-state index contributed by atoms with van der Waals surface area (Å²) in [7, 11) is 0. The number of nitrogens with zero attached hydrogens (tertiary/aromatic N) is 2. The van der Waals surface area contributed by atoms with E-state index < -0.39 is 0 Å². The maximum atomic E-state index is 12.8. The summed E-state index contributed by atoms with van der Waals surface area (Å²) in [6.07, 6.45) is 7.53. The molecular formula is C21H18N2O3. The Labute approximate surface area is 150 Å². The molecule has 5 nitrogen and oxygen atoms in total. The maximum Gasteiger partial charge on any atom is 0.254 e. The van der Waals surface area contributed by atoms with Gasteiger partial charge in [-0.05, 0) is 41.5 Å². The molecule has 0 aromatic heterocycles. The third kappa shape index (κ3) is 2.06. The van der Waals surface area contributed by atoms with Crippen molar-refractivity contribution in [1.82, 2.24) is 5.01 Å². The Morgan fingerprint density at radius 2 is 1.62 bits per heavy atom. The number of phenols is 1. The number of rotatable bonds is 2. The van der Waals surface area contributed by atoms with Gasteiger partial charge in [0.2, 0.25) is 0 Å². The lowest BCUT2D eigenvalue weighted by Crippen LogP contribution is -2.38. The molecule has 2 aromatic rings. The molecule has 26 heavy (non-hydrogen) atoms. The molecule has 1 saturated carbocycles. The van der Waals surface area contributed by atoms with Gasteiger partial charge in [-0.2, -0.15) is 10.1 Å². The molecule has 2 bridgehead atoms. The van der Waals surface area contributed by atoms with E-state index >= 15 is 0 Å². The first-order chi connectivity index (χ1) is 12.6. The van der Waals surface area contributed by atoms with E-state index in [0.717, 1.165) is 28.6 Å². The summed E-state index contributed by atoms with van der Waals surface area (Å²) in [6.45, 7) is 0. The Balaban J connectivity index is 1.52. The lowest BCUT2D eigenvalue weighted by molar-refractivity contribution is -0.140. The Morgan fingerprint density at radius 3 is 2.27 bits per heavy atom. The first-order valence-electron chi connectivity index (χ1n) is 8.96. The minimum atomic E-state index is -0.274. The van der Waals surface area contributed by atoms with Crippen molar-refractivity contribution in [1.29, 1.82) is 0 Å². The average Bonchev–Trinajstić information content (AvgIpc) is 2.95. The first kappa shape index (κ1) is 15.3. The van der Waals surface area contributed by atoms with Crippen molar-refractivity contribution in [2.45, 2.75) is 12.8 Å². The normalized spacial score (nSPS) is 29.9. The third-order valence-corrected chi connectivity index (χ3v) is 5.99. The minimum Gasteiger partial charge on any atom is -0.507 e. The molecule has 4 aliphatic rings. The highest BCUT2D eigenvalue weighted by Crippen LogP contribution is 2.49. The fraction of sp³-hybridized carbons (Fsp3) is 0.286. The quantitative estimate of drug-likeness (QED) is 0.516. The zero-order chi connectivity index (χ0) is 17.8. The molecule has 0 unspecified atom stereocenters. The Hall–Kier alpha value is -2.95. The molecule has 5 heteroatoms. The standard InChI is InChI=1S/C21H18N2O3/c24-17-10-9-12-3-1-2-4-15(12)16(17)11-22-23-20(25)18-13-5-6-14(8-7-13)19(18)21(23)26/h1-6,9-11,13-14,18-19,24H,7-8H2/t13-,14-,18-,19+/m0/s1. The van der Waals surface area contributed by atoms with E-state index in [1.807, 2.05) is 30.3 Å².